The van der Waals surface area contributed by atoms with Gasteiger partial charge < -0.3 is 31.7 Å². The first-order chi connectivity index (χ1) is 12.9. The number of primary amides is 2. The molecule has 3 heterocycles. The van der Waals surface area contributed by atoms with Gasteiger partial charge in [0, 0.05) is 13.1 Å². The molecule has 7 N–H and O–H groups in total. The van der Waals surface area contributed by atoms with Crippen LogP contribution in [0, 0.1) is 0 Å². The molecule has 0 saturated carbocycles. The maximum Gasteiger partial charge on any atom is 0.245 e. The van der Waals surface area contributed by atoms with Crippen LogP contribution < -0.4 is 11.5 Å². The molecule has 0 aliphatic carbocycles. The molecule has 3 aliphatic heterocycles. The lowest BCUT2D eigenvalue weighted by molar-refractivity contribution is -0.233. The fraction of sp³-hybridized carbons (Fsp3) is 0.824. The van der Waals surface area contributed by atoms with Crippen LogP contribution in [0.15, 0.2) is 0 Å². The average molecular weight is 399 g/mol. The van der Waals surface area contributed by atoms with E-state index < -0.39 is 53.4 Å². The number of hydrogen-bond donors (Lipinski definition) is 5. The molecule has 0 bridgehead atoms. The fourth-order valence-electron chi connectivity index (χ4n) is 5.19. The number of nitrogens with zero attached hydrogens (tertiary/aromatic N) is 3. The van der Waals surface area contributed by atoms with Crippen molar-refractivity contribution in [1.82, 2.24) is 14.7 Å². The predicted molar refractivity (Wildman–Crippen MR) is 96.2 cm³/mol. The first-order valence-electron chi connectivity index (χ1n) is 9.34. The number of likely N-dealkylation sites (N-methyl/N-ethyl adjacent to an activating group) is 1. The lowest BCUT2D eigenvalue weighted by atomic mass is 9.82. The summed E-state index contributed by atoms with van der Waals surface area (Å²) in [7, 11) is 1.73. The number of carbonyl (C=O) groups is 3. The van der Waals surface area contributed by atoms with Gasteiger partial charge in [-0.2, -0.15) is 0 Å². The van der Waals surface area contributed by atoms with Crippen LogP contribution in [0.5, 0.6) is 0 Å². The normalized spacial score (nSPS) is 37.4. The average Bonchev–Trinajstić information content (AvgIpc) is 2.90. The minimum atomic E-state index is -1.10. The molecule has 2 spiro atoms. The maximum atomic E-state index is 13.0. The van der Waals surface area contributed by atoms with Gasteiger partial charge in [0.15, 0.2) is 0 Å². The Labute approximate surface area is 162 Å². The second kappa shape index (κ2) is 6.63. The summed E-state index contributed by atoms with van der Waals surface area (Å²) in [4.78, 5) is 40.8. The topological polar surface area (TPSA) is 174 Å². The number of aliphatic hydroxyl groups is 3. The van der Waals surface area contributed by atoms with Crippen molar-refractivity contribution >= 4 is 17.7 Å². The molecule has 11 heteroatoms. The second-order valence-electron chi connectivity index (χ2n) is 8.35. The summed E-state index contributed by atoms with van der Waals surface area (Å²) in [6.45, 7) is 3.32. The van der Waals surface area contributed by atoms with E-state index in [4.69, 9.17) is 11.5 Å². The van der Waals surface area contributed by atoms with Crippen LogP contribution in [0.3, 0.4) is 0 Å². The van der Waals surface area contributed by atoms with Crippen molar-refractivity contribution in [2.24, 2.45) is 11.5 Å². The van der Waals surface area contributed by atoms with Crippen LogP contribution in [0.2, 0.25) is 0 Å². The zero-order valence-electron chi connectivity index (χ0n) is 16.3. The first-order valence-corrected chi connectivity index (χ1v) is 9.34. The van der Waals surface area contributed by atoms with Crippen molar-refractivity contribution in [3.05, 3.63) is 0 Å². The van der Waals surface area contributed by atoms with E-state index >= 15 is 0 Å². The number of nitrogens with two attached hydrogens (primary N) is 2. The van der Waals surface area contributed by atoms with Gasteiger partial charge in [-0.05, 0) is 33.7 Å². The molecule has 158 valence electrons. The third-order valence-corrected chi connectivity index (χ3v) is 6.81. The molecule has 0 radical (unpaired) electrons. The molecule has 0 aromatic heterocycles. The van der Waals surface area contributed by atoms with Crippen LogP contribution >= 0.6 is 0 Å². The molecule has 3 unspecified atom stereocenters. The number of amides is 3. The Bertz CT molecular complexity index is 702. The molecule has 28 heavy (non-hydrogen) atoms. The summed E-state index contributed by atoms with van der Waals surface area (Å²) >= 11 is 0. The zero-order valence-corrected chi connectivity index (χ0v) is 16.3. The summed E-state index contributed by atoms with van der Waals surface area (Å²) in [5.74, 6) is -1.82. The Morgan fingerprint density at radius 2 is 1.61 bits per heavy atom. The molecule has 3 saturated heterocycles. The Morgan fingerprint density at radius 3 is 2.00 bits per heavy atom. The SMILES string of the molecule is C[C@@H](O)[C@@H](C(N)=O)N1CC2(CCC3(CN([C@H](C(N)=O)[C@@H](C)O)C3O)N2C)C1=O. The molecular formula is C17H29N5O6. The van der Waals surface area contributed by atoms with Gasteiger partial charge in [-0.3, -0.25) is 24.2 Å². The Hall–Kier alpha value is -1.79. The van der Waals surface area contributed by atoms with Gasteiger partial charge in [0.1, 0.15) is 23.9 Å². The summed E-state index contributed by atoms with van der Waals surface area (Å²) < 4.78 is 0. The van der Waals surface area contributed by atoms with Gasteiger partial charge in [0.25, 0.3) is 0 Å². The van der Waals surface area contributed by atoms with Gasteiger partial charge >= 0.3 is 0 Å². The number of hydrogen-bond acceptors (Lipinski definition) is 8. The highest BCUT2D eigenvalue weighted by Crippen LogP contribution is 2.52. The smallest absolute Gasteiger partial charge is 0.245 e. The van der Waals surface area contributed by atoms with Crippen molar-refractivity contribution in [3.63, 3.8) is 0 Å². The molecule has 7 atom stereocenters. The van der Waals surface area contributed by atoms with Crippen LogP contribution in [-0.2, 0) is 14.4 Å². The lowest BCUT2D eigenvalue weighted by Gasteiger charge is -2.62. The van der Waals surface area contributed by atoms with Gasteiger partial charge in [0.2, 0.25) is 17.7 Å². The number of aliphatic hydroxyl groups excluding tert-OH is 3. The standard InChI is InChI=1S/C17H29N5O6/c1-8(23)10(12(18)25)21-6-16(14(21)27)4-5-17(20(16)3)7-22(15(17)28)11(9(2)24)13(19)26/h8-11,14,23-24,27H,4-7H2,1-3H3,(H2,18,25)(H2,19,26)/t8-,9-,10+,11+,14?,16?,17?/m1/s1. The molecule has 3 fully saturated rings. The Morgan fingerprint density at radius 1 is 1.07 bits per heavy atom. The maximum absolute atomic E-state index is 13.0. The molecule has 3 amide bonds. The summed E-state index contributed by atoms with van der Waals surface area (Å²) in [5, 5.41) is 30.5. The quantitative estimate of drug-likeness (QED) is 0.282. The zero-order chi connectivity index (χ0) is 21.2. The molecular weight excluding hydrogens is 370 g/mol. The highest BCUT2D eigenvalue weighted by atomic mass is 16.3. The lowest BCUT2D eigenvalue weighted by Crippen LogP contribution is -2.83. The van der Waals surface area contributed by atoms with Crippen LogP contribution in [0.4, 0.5) is 0 Å². The van der Waals surface area contributed by atoms with E-state index in [1.54, 1.807) is 11.9 Å². The monoisotopic (exact) mass is 399 g/mol. The molecule has 3 aliphatic rings. The highest BCUT2D eigenvalue weighted by Gasteiger charge is 2.71. The van der Waals surface area contributed by atoms with E-state index in [0.29, 0.717) is 12.8 Å². The summed E-state index contributed by atoms with van der Waals surface area (Å²) in [6.07, 6.45) is -2.25. The fourth-order valence-corrected chi connectivity index (χ4v) is 5.19. The largest absolute Gasteiger partial charge is 0.391 e. The van der Waals surface area contributed by atoms with Gasteiger partial charge in [0.05, 0.1) is 17.7 Å². The van der Waals surface area contributed by atoms with Crippen molar-refractivity contribution in [3.8, 4) is 0 Å². The number of likely N-dealkylation sites (tertiary alicyclic amines) is 3. The number of β-lactam (4-membered cyclic amide) rings is 1. The van der Waals surface area contributed by atoms with E-state index in [-0.39, 0.29) is 19.0 Å². The van der Waals surface area contributed by atoms with Crippen molar-refractivity contribution < 1.29 is 29.7 Å². The minimum absolute atomic E-state index is 0.213. The van der Waals surface area contributed by atoms with Gasteiger partial charge in [-0.1, -0.05) is 0 Å². The predicted octanol–water partition coefficient (Wildman–Crippen LogP) is -3.86. The van der Waals surface area contributed by atoms with Crippen molar-refractivity contribution in [1.29, 1.82) is 0 Å². The molecule has 11 nitrogen and oxygen atoms in total. The first kappa shape index (κ1) is 20.9. The Balaban J connectivity index is 1.76. The second-order valence-corrected chi connectivity index (χ2v) is 8.35. The molecule has 0 aromatic carbocycles. The van der Waals surface area contributed by atoms with Gasteiger partial charge in [-0.25, -0.2) is 0 Å². The van der Waals surface area contributed by atoms with Crippen molar-refractivity contribution in [2.75, 3.05) is 20.1 Å². The van der Waals surface area contributed by atoms with E-state index in [9.17, 15) is 29.7 Å². The molecule has 0 aromatic rings. The minimum Gasteiger partial charge on any atom is -0.391 e. The van der Waals surface area contributed by atoms with Crippen LogP contribution in [-0.4, -0.2) is 109 Å². The number of carbonyl (C=O) groups excluding carboxylic acids is 3. The highest BCUT2D eigenvalue weighted by molar-refractivity contribution is 5.97. The van der Waals surface area contributed by atoms with Crippen molar-refractivity contribution in [2.45, 2.75) is 68.3 Å². The third-order valence-electron chi connectivity index (χ3n) is 6.81. The summed E-state index contributed by atoms with van der Waals surface area (Å²) in [5.41, 5.74) is 9.05. The summed E-state index contributed by atoms with van der Waals surface area (Å²) in [6, 6.07) is -2.12. The third kappa shape index (κ3) is 2.57. The Kier molecular flexibility index (Phi) is 4.96. The molecule has 3 rings (SSSR count). The van der Waals surface area contributed by atoms with Gasteiger partial charge in [-0.15, -0.1) is 0 Å². The van der Waals surface area contributed by atoms with Crippen LogP contribution in [0.25, 0.3) is 0 Å². The van der Waals surface area contributed by atoms with E-state index in [1.165, 1.54) is 23.6 Å². The van der Waals surface area contributed by atoms with Crippen LogP contribution in [0.1, 0.15) is 26.7 Å². The van der Waals surface area contributed by atoms with E-state index in [0.717, 1.165) is 0 Å². The van der Waals surface area contributed by atoms with E-state index in [1.807, 2.05) is 0 Å². The number of rotatable bonds is 6. The van der Waals surface area contributed by atoms with E-state index in [2.05, 4.69) is 0 Å².